The van der Waals surface area contributed by atoms with Crippen molar-refractivity contribution in [2.24, 2.45) is 0 Å². The van der Waals surface area contributed by atoms with Crippen LogP contribution in [0.4, 0.5) is 10.5 Å². The molecule has 9 heteroatoms. The first-order valence-corrected chi connectivity index (χ1v) is 12.4. The Morgan fingerprint density at radius 2 is 1.62 bits per heavy atom. The number of hydrogen-bond acceptors (Lipinski definition) is 4. The fraction of sp³-hybridized carbons (Fsp3) is 0.0435. The Labute approximate surface area is 215 Å². The van der Waals surface area contributed by atoms with Crippen LogP contribution in [0.3, 0.4) is 0 Å². The van der Waals surface area contributed by atoms with Crippen molar-refractivity contribution in [2.75, 3.05) is 4.90 Å². The molecule has 0 N–H and O–H groups in total. The molecule has 1 heterocycles. The molecule has 0 atom stereocenters. The summed E-state index contributed by atoms with van der Waals surface area (Å²) >= 11 is 19.9. The lowest BCUT2D eigenvalue weighted by atomic mass is 10.2. The molecule has 0 aromatic heterocycles. The number of carbonyl (C=O) groups is 2. The molecule has 3 aromatic rings. The number of halogens is 4. The van der Waals surface area contributed by atoms with Crippen molar-refractivity contribution >= 4 is 89.7 Å². The number of ether oxygens (including phenoxy) is 1. The van der Waals surface area contributed by atoms with Crippen molar-refractivity contribution in [3.8, 4) is 5.75 Å². The first-order valence-electron chi connectivity index (χ1n) is 9.21. The third-order valence-corrected chi connectivity index (χ3v) is 7.01. The van der Waals surface area contributed by atoms with Crippen LogP contribution in [-0.2, 0) is 11.4 Å². The summed E-state index contributed by atoms with van der Waals surface area (Å²) in [7, 11) is 0. The highest BCUT2D eigenvalue weighted by Crippen LogP contribution is 2.39. The topological polar surface area (TPSA) is 46.6 Å². The predicted molar refractivity (Wildman–Crippen MR) is 138 cm³/mol. The Balaban J connectivity index is 1.54. The SMILES string of the molecule is O=C1S/C(=C/c2cc(Br)c(OCc3ccc(Cl)cc3)c(Br)c2)C(=O)N1c1cccc(Cl)c1. The van der Waals surface area contributed by atoms with Gasteiger partial charge in [-0.15, -0.1) is 0 Å². The summed E-state index contributed by atoms with van der Waals surface area (Å²) in [6.45, 7) is 0.367. The minimum absolute atomic E-state index is 0.323. The number of thioether (sulfide) groups is 1. The minimum atomic E-state index is -0.391. The molecule has 0 unspecified atom stereocenters. The molecule has 4 rings (SSSR count). The van der Waals surface area contributed by atoms with Crippen LogP contribution >= 0.6 is 66.8 Å². The van der Waals surface area contributed by atoms with E-state index < -0.39 is 5.91 Å². The summed E-state index contributed by atoms with van der Waals surface area (Å²) in [5, 5.41) is 0.748. The van der Waals surface area contributed by atoms with E-state index >= 15 is 0 Å². The van der Waals surface area contributed by atoms with Gasteiger partial charge >= 0.3 is 0 Å². The van der Waals surface area contributed by atoms with Gasteiger partial charge in [-0.05, 0) is 103 Å². The molecule has 0 radical (unpaired) electrons. The maximum atomic E-state index is 12.9. The highest BCUT2D eigenvalue weighted by Gasteiger charge is 2.36. The van der Waals surface area contributed by atoms with Crippen LogP contribution in [0, 0.1) is 0 Å². The molecule has 1 saturated heterocycles. The normalized spacial score (nSPS) is 15.0. The van der Waals surface area contributed by atoms with Crippen LogP contribution in [0.1, 0.15) is 11.1 Å². The third-order valence-electron chi connectivity index (χ3n) is 4.47. The summed E-state index contributed by atoms with van der Waals surface area (Å²) in [4.78, 5) is 26.8. The quantitative estimate of drug-likeness (QED) is 0.271. The van der Waals surface area contributed by atoms with E-state index in [0.29, 0.717) is 41.9 Å². The summed E-state index contributed by atoms with van der Waals surface area (Å²) in [6.07, 6.45) is 1.67. The number of hydrogen-bond donors (Lipinski definition) is 0. The molecule has 1 aliphatic heterocycles. The molecule has 2 amide bonds. The lowest BCUT2D eigenvalue weighted by Crippen LogP contribution is -2.27. The summed E-state index contributed by atoms with van der Waals surface area (Å²) in [5.74, 6) is 0.238. The van der Waals surface area contributed by atoms with Gasteiger partial charge in [0.05, 0.1) is 19.5 Å². The van der Waals surface area contributed by atoms with E-state index in [9.17, 15) is 9.59 Å². The van der Waals surface area contributed by atoms with Gasteiger partial charge in [-0.3, -0.25) is 9.59 Å². The number of rotatable bonds is 5. The van der Waals surface area contributed by atoms with Gasteiger partial charge in [0.25, 0.3) is 11.1 Å². The number of benzene rings is 3. The molecule has 0 aliphatic carbocycles. The lowest BCUT2D eigenvalue weighted by Gasteiger charge is -2.13. The van der Waals surface area contributed by atoms with E-state index in [0.717, 1.165) is 27.8 Å². The molecule has 1 fully saturated rings. The first kappa shape index (κ1) is 23.4. The van der Waals surface area contributed by atoms with Gasteiger partial charge < -0.3 is 4.74 Å². The second kappa shape index (κ2) is 10.0. The van der Waals surface area contributed by atoms with Crippen molar-refractivity contribution in [2.45, 2.75) is 6.61 Å². The van der Waals surface area contributed by atoms with Crippen LogP contribution in [0.5, 0.6) is 5.75 Å². The molecule has 32 heavy (non-hydrogen) atoms. The van der Waals surface area contributed by atoms with Gasteiger partial charge in [-0.2, -0.15) is 0 Å². The molecule has 0 saturated carbocycles. The first-order chi connectivity index (χ1) is 15.3. The number of anilines is 1. The Morgan fingerprint density at radius 1 is 0.938 bits per heavy atom. The number of imide groups is 1. The zero-order chi connectivity index (χ0) is 22.8. The zero-order valence-corrected chi connectivity index (χ0v) is 21.7. The average Bonchev–Trinajstić information content (AvgIpc) is 3.01. The molecule has 162 valence electrons. The van der Waals surface area contributed by atoms with E-state index in [1.54, 1.807) is 30.3 Å². The van der Waals surface area contributed by atoms with Crippen molar-refractivity contribution in [1.82, 2.24) is 0 Å². The van der Waals surface area contributed by atoms with Crippen LogP contribution in [0.25, 0.3) is 6.08 Å². The number of carbonyl (C=O) groups excluding carboxylic acids is 2. The smallest absolute Gasteiger partial charge is 0.298 e. The van der Waals surface area contributed by atoms with Gasteiger partial charge in [0.1, 0.15) is 12.4 Å². The van der Waals surface area contributed by atoms with Crippen LogP contribution in [0.15, 0.2) is 74.5 Å². The van der Waals surface area contributed by atoms with E-state index in [2.05, 4.69) is 31.9 Å². The lowest BCUT2D eigenvalue weighted by molar-refractivity contribution is -0.113. The van der Waals surface area contributed by atoms with Gasteiger partial charge in [0.2, 0.25) is 0 Å². The highest BCUT2D eigenvalue weighted by atomic mass is 79.9. The summed E-state index contributed by atoms with van der Waals surface area (Å²) < 4.78 is 7.36. The Kier molecular flexibility index (Phi) is 7.32. The van der Waals surface area contributed by atoms with Gasteiger partial charge in [0, 0.05) is 10.0 Å². The van der Waals surface area contributed by atoms with Gasteiger partial charge in [-0.25, -0.2) is 4.90 Å². The molecule has 1 aliphatic rings. The van der Waals surface area contributed by atoms with E-state index in [-0.39, 0.29) is 5.24 Å². The Morgan fingerprint density at radius 3 is 2.28 bits per heavy atom. The van der Waals surface area contributed by atoms with E-state index in [4.69, 9.17) is 27.9 Å². The highest BCUT2D eigenvalue weighted by molar-refractivity contribution is 9.11. The largest absolute Gasteiger partial charge is 0.487 e. The zero-order valence-electron chi connectivity index (χ0n) is 16.2. The second-order valence-electron chi connectivity index (χ2n) is 6.73. The second-order valence-corrected chi connectivity index (χ2v) is 10.3. The molecular weight excluding hydrogens is 601 g/mol. The standard InChI is InChI=1S/C23H13Br2Cl2NO3S/c24-18-8-14(9-19(25)21(18)31-12-13-4-6-15(26)7-5-13)10-20-22(29)28(23(30)32-20)17-3-1-2-16(27)11-17/h1-11H,12H2/b20-10+. The minimum Gasteiger partial charge on any atom is -0.487 e. The van der Waals surface area contributed by atoms with E-state index in [1.165, 1.54) is 0 Å². The van der Waals surface area contributed by atoms with Crippen molar-refractivity contribution < 1.29 is 14.3 Å². The fourth-order valence-corrected chi connectivity index (χ4v) is 5.60. The third kappa shape index (κ3) is 5.24. The van der Waals surface area contributed by atoms with Gasteiger partial charge in [0.15, 0.2) is 0 Å². The fourth-order valence-electron chi connectivity index (χ4n) is 2.99. The summed E-state index contributed by atoms with van der Waals surface area (Å²) in [6, 6.07) is 17.7. The van der Waals surface area contributed by atoms with Crippen LogP contribution in [0.2, 0.25) is 10.0 Å². The molecular formula is C23H13Br2Cl2NO3S. The maximum absolute atomic E-state index is 12.9. The van der Waals surface area contributed by atoms with Crippen molar-refractivity contribution in [1.29, 1.82) is 0 Å². The maximum Gasteiger partial charge on any atom is 0.298 e. The van der Waals surface area contributed by atoms with Crippen LogP contribution in [-0.4, -0.2) is 11.1 Å². The van der Waals surface area contributed by atoms with Gasteiger partial charge in [-0.1, -0.05) is 41.4 Å². The number of amides is 2. The molecule has 0 spiro atoms. The monoisotopic (exact) mass is 611 g/mol. The Bertz CT molecular complexity index is 1230. The van der Waals surface area contributed by atoms with E-state index in [1.807, 2.05) is 36.4 Å². The Hall–Kier alpha value is -1.77. The molecule has 4 nitrogen and oxygen atoms in total. The predicted octanol–water partition coefficient (Wildman–Crippen LogP) is 8.34. The molecule has 0 bridgehead atoms. The molecule has 3 aromatic carbocycles. The average molecular weight is 614 g/mol. The van der Waals surface area contributed by atoms with Crippen molar-refractivity contribution in [3.63, 3.8) is 0 Å². The van der Waals surface area contributed by atoms with Crippen LogP contribution < -0.4 is 9.64 Å². The number of nitrogens with zero attached hydrogens (tertiary/aromatic N) is 1. The summed E-state index contributed by atoms with van der Waals surface area (Å²) in [5.41, 5.74) is 2.16. The van der Waals surface area contributed by atoms with Crippen molar-refractivity contribution in [3.05, 3.63) is 95.7 Å².